The maximum Gasteiger partial charge on any atom is 0.411 e. The first kappa shape index (κ1) is 22.8. The maximum atomic E-state index is 12.7. The number of ether oxygens (including phenoxy) is 1. The molecular weight excluding hydrogens is 431 g/mol. The summed E-state index contributed by atoms with van der Waals surface area (Å²) in [6.45, 7) is 2.55. The van der Waals surface area contributed by atoms with Crippen LogP contribution in [0.15, 0.2) is 48.5 Å². The van der Waals surface area contributed by atoms with E-state index in [1.54, 1.807) is 35.9 Å². The van der Waals surface area contributed by atoms with E-state index in [1.165, 1.54) is 6.07 Å². The molecule has 0 bridgehead atoms. The first-order valence-electron chi connectivity index (χ1n) is 9.45. The Hall–Kier alpha value is -2.84. The largest absolute Gasteiger partial charge is 0.411 e. The predicted octanol–water partition coefficient (Wildman–Crippen LogP) is 5.53. The van der Waals surface area contributed by atoms with Crippen LogP contribution in [0.1, 0.15) is 32.9 Å². The van der Waals surface area contributed by atoms with Crippen LogP contribution in [0.25, 0.3) is 0 Å². The van der Waals surface area contributed by atoms with Crippen LogP contribution in [0, 0.1) is 13.8 Å². The number of hydrogen-bond donors (Lipinski definition) is 1. The Morgan fingerprint density at radius 2 is 1.84 bits per heavy atom. The highest BCUT2D eigenvalue weighted by atomic mass is 35.5. The minimum atomic E-state index is -4.39. The van der Waals surface area contributed by atoms with E-state index in [1.807, 2.05) is 25.1 Å². The fourth-order valence-corrected chi connectivity index (χ4v) is 3.33. The molecule has 5 nitrogen and oxygen atoms in total. The van der Waals surface area contributed by atoms with Gasteiger partial charge < -0.3 is 10.1 Å². The van der Waals surface area contributed by atoms with Crippen LogP contribution >= 0.6 is 11.6 Å². The number of halogens is 4. The summed E-state index contributed by atoms with van der Waals surface area (Å²) in [6.07, 6.45) is -4.39. The molecule has 0 saturated heterocycles. The minimum Gasteiger partial charge on any atom is -0.367 e. The number of amides is 1. The number of aromatic nitrogens is 2. The molecule has 0 aliphatic rings. The van der Waals surface area contributed by atoms with Crippen molar-refractivity contribution >= 4 is 23.2 Å². The van der Waals surface area contributed by atoms with Gasteiger partial charge in [0.1, 0.15) is 6.61 Å². The van der Waals surface area contributed by atoms with E-state index in [4.69, 9.17) is 11.6 Å². The van der Waals surface area contributed by atoms with E-state index >= 15 is 0 Å². The molecule has 0 fully saturated rings. The molecule has 0 spiro atoms. The van der Waals surface area contributed by atoms with Gasteiger partial charge in [-0.1, -0.05) is 35.9 Å². The number of carbonyl (C=O) groups excluding carboxylic acids is 1. The first-order chi connectivity index (χ1) is 14.6. The van der Waals surface area contributed by atoms with E-state index in [-0.39, 0.29) is 12.5 Å². The van der Waals surface area contributed by atoms with Gasteiger partial charge >= 0.3 is 6.18 Å². The third kappa shape index (κ3) is 6.32. The van der Waals surface area contributed by atoms with Gasteiger partial charge in [0.15, 0.2) is 0 Å². The first-order valence-corrected chi connectivity index (χ1v) is 9.83. The highest BCUT2D eigenvalue weighted by Crippen LogP contribution is 2.22. The fraction of sp³-hybridized carbons (Fsp3) is 0.273. The molecule has 1 heterocycles. The van der Waals surface area contributed by atoms with Crippen molar-refractivity contribution in [1.29, 1.82) is 0 Å². The standard InChI is InChI=1S/C22H21ClF3N3O2/c1-14-20(15(2)29(28-14)11-16-5-4-8-19(23)10-16)27-21(30)18-7-3-6-17(9-18)12-31-13-22(24,25)26/h3-10H,11-13H2,1-2H3,(H,27,30). The van der Waals surface area contributed by atoms with Crippen molar-refractivity contribution in [1.82, 2.24) is 9.78 Å². The quantitative estimate of drug-likeness (QED) is 0.513. The van der Waals surface area contributed by atoms with Gasteiger partial charge in [0.25, 0.3) is 5.91 Å². The third-order valence-corrected chi connectivity index (χ3v) is 4.80. The van der Waals surface area contributed by atoms with E-state index in [0.717, 1.165) is 11.3 Å². The Labute approximate surface area is 182 Å². The van der Waals surface area contributed by atoms with Crippen molar-refractivity contribution in [3.8, 4) is 0 Å². The number of hydrogen-bond acceptors (Lipinski definition) is 3. The van der Waals surface area contributed by atoms with Gasteiger partial charge in [-0.3, -0.25) is 9.48 Å². The van der Waals surface area contributed by atoms with E-state index in [9.17, 15) is 18.0 Å². The van der Waals surface area contributed by atoms with Crippen molar-refractivity contribution in [3.63, 3.8) is 0 Å². The molecule has 1 aromatic heterocycles. The van der Waals surface area contributed by atoms with Crippen molar-refractivity contribution in [2.75, 3.05) is 11.9 Å². The number of rotatable bonds is 7. The molecule has 1 N–H and O–H groups in total. The average molecular weight is 452 g/mol. The SMILES string of the molecule is Cc1nn(Cc2cccc(Cl)c2)c(C)c1NC(=O)c1cccc(COCC(F)(F)F)c1. The van der Waals surface area contributed by atoms with Crippen molar-refractivity contribution in [2.45, 2.75) is 33.2 Å². The third-order valence-electron chi connectivity index (χ3n) is 4.57. The molecular formula is C22H21ClF3N3O2. The average Bonchev–Trinajstić information content (AvgIpc) is 2.94. The number of alkyl halides is 3. The summed E-state index contributed by atoms with van der Waals surface area (Å²) in [5.41, 5.74) is 3.78. The van der Waals surface area contributed by atoms with Crippen LogP contribution in [0.3, 0.4) is 0 Å². The molecule has 3 aromatic rings. The van der Waals surface area contributed by atoms with Gasteiger partial charge in [-0.25, -0.2) is 0 Å². The number of carbonyl (C=O) groups is 1. The molecule has 1 amide bonds. The summed E-state index contributed by atoms with van der Waals surface area (Å²) in [4.78, 5) is 12.7. The number of anilines is 1. The second-order valence-corrected chi connectivity index (χ2v) is 7.53. The molecule has 3 rings (SSSR count). The Balaban J connectivity index is 1.70. The number of nitrogens with zero attached hydrogens (tertiary/aromatic N) is 2. The van der Waals surface area contributed by atoms with Crippen LogP contribution in [0.4, 0.5) is 18.9 Å². The summed E-state index contributed by atoms with van der Waals surface area (Å²) in [5.74, 6) is -0.383. The van der Waals surface area contributed by atoms with Gasteiger partial charge in [-0.15, -0.1) is 0 Å². The molecule has 2 aromatic carbocycles. The zero-order chi connectivity index (χ0) is 22.6. The van der Waals surface area contributed by atoms with Gasteiger partial charge in [0, 0.05) is 10.6 Å². The highest BCUT2D eigenvalue weighted by Gasteiger charge is 2.27. The summed E-state index contributed by atoms with van der Waals surface area (Å²) in [5, 5.41) is 7.98. The number of aryl methyl sites for hydroxylation is 1. The number of nitrogens with one attached hydrogen (secondary N) is 1. The lowest BCUT2D eigenvalue weighted by Gasteiger charge is -2.10. The van der Waals surface area contributed by atoms with E-state index in [0.29, 0.717) is 34.1 Å². The molecule has 0 aliphatic heterocycles. The van der Waals surface area contributed by atoms with Gasteiger partial charge in [-0.05, 0) is 49.2 Å². The van der Waals surface area contributed by atoms with E-state index < -0.39 is 12.8 Å². The smallest absolute Gasteiger partial charge is 0.367 e. The summed E-state index contributed by atoms with van der Waals surface area (Å²) >= 11 is 6.04. The lowest BCUT2D eigenvalue weighted by Crippen LogP contribution is -2.17. The van der Waals surface area contributed by atoms with Crippen LogP contribution < -0.4 is 5.32 Å². The molecule has 0 aliphatic carbocycles. The van der Waals surface area contributed by atoms with Crippen LogP contribution in [-0.4, -0.2) is 28.5 Å². The van der Waals surface area contributed by atoms with E-state index in [2.05, 4.69) is 15.2 Å². The molecule has 0 saturated carbocycles. The van der Waals surface area contributed by atoms with Gasteiger partial charge in [0.05, 0.1) is 30.2 Å². The Kier molecular flexibility index (Phi) is 7.02. The lowest BCUT2D eigenvalue weighted by molar-refractivity contribution is -0.176. The maximum absolute atomic E-state index is 12.7. The molecule has 9 heteroatoms. The van der Waals surface area contributed by atoms with Crippen molar-refractivity contribution < 1.29 is 22.7 Å². The normalized spacial score (nSPS) is 11.5. The van der Waals surface area contributed by atoms with Gasteiger partial charge in [0.2, 0.25) is 0 Å². The predicted molar refractivity (Wildman–Crippen MR) is 112 cm³/mol. The second kappa shape index (κ2) is 9.53. The fourth-order valence-electron chi connectivity index (χ4n) is 3.11. The summed E-state index contributed by atoms with van der Waals surface area (Å²) < 4.78 is 43.2. The minimum absolute atomic E-state index is 0.240. The Morgan fingerprint density at radius 3 is 2.55 bits per heavy atom. The Bertz CT molecular complexity index is 1080. The van der Waals surface area contributed by atoms with Crippen LogP contribution in [0.5, 0.6) is 0 Å². The van der Waals surface area contributed by atoms with Crippen LogP contribution in [-0.2, 0) is 17.9 Å². The topological polar surface area (TPSA) is 56.2 Å². The highest BCUT2D eigenvalue weighted by molar-refractivity contribution is 6.30. The zero-order valence-electron chi connectivity index (χ0n) is 17.0. The number of benzene rings is 2. The molecule has 0 radical (unpaired) electrons. The molecule has 0 atom stereocenters. The molecule has 164 valence electrons. The Morgan fingerprint density at radius 1 is 1.13 bits per heavy atom. The summed E-state index contributed by atoms with van der Waals surface area (Å²) in [6, 6.07) is 13.7. The zero-order valence-corrected chi connectivity index (χ0v) is 17.7. The monoisotopic (exact) mass is 451 g/mol. The van der Waals surface area contributed by atoms with Crippen molar-refractivity contribution in [3.05, 3.63) is 81.6 Å². The van der Waals surface area contributed by atoms with Gasteiger partial charge in [-0.2, -0.15) is 18.3 Å². The second-order valence-electron chi connectivity index (χ2n) is 7.10. The molecule has 31 heavy (non-hydrogen) atoms. The van der Waals surface area contributed by atoms with Crippen LogP contribution in [0.2, 0.25) is 5.02 Å². The molecule has 0 unspecified atom stereocenters. The van der Waals surface area contributed by atoms with Crippen molar-refractivity contribution in [2.24, 2.45) is 0 Å². The lowest BCUT2D eigenvalue weighted by atomic mass is 10.1. The summed E-state index contributed by atoms with van der Waals surface area (Å²) in [7, 11) is 0.